The second-order valence-electron chi connectivity index (χ2n) is 5.07. The van der Waals surface area contributed by atoms with Gasteiger partial charge in [0.15, 0.2) is 15.5 Å². The Kier molecular flexibility index (Phi) is 5.22. The Morgan fingerprint density at radius 2 is 1.76 bits per heavy atom. The Balaban J connectivity index is 2.15. The van der Waals surface area contributed by atoms with E-state index in [1.165, 1.54) is 15.9 Å². The number of ether oxygens (including phenoxy) is 2. The minimum atomic E-state index is -0.235. The molecule has 0 atom stereocenters. The Labute approximate surface area is 158 Å². The van der Waals surface area contributed by atoms with E-state index in [1.54, 1.807) is 44.6 Å². The highest BCUT2D eigenvalue weighted by atomic mass is 35.5. The summed E-state index contributed by atoms with van der Waals surface area (Å²) in [5.74, 6) is 1.22. The van der Waals surface area contributed by atoms with Gasteiger partial charge in [0, 0.05) is 10.9 Å². The zero-order chi connectivity index (χ0) is 18.0. The first-order valence-corrected chi connectivity index (χ1v) is 8.90. The van der Waals surface area contributed by atoms with Gasteiger partial charge in [0.1, 0.15) is 0 Å². The lowest BCUT2D eigenvalue weighted by Crippen LogP contribution is -2.17. The molecule has 2 aromatic carbocycles. The number of methoxy groups -OCH3 is 2. The van der Waals surface area contributed by atoms with Gasteiger partial charge in [-0.25, -0.2) is 0 Å². The second-order valence-corrected chi connectivity index (χ2v) is 7.15. The van der Waals surface area contributed by atoms with Crippen molar-refractivity contribution in [3.05, 3.63) is 67.9 Å². The van der Waals surface area contributed by atoms with E-state index in [1.807, 2.05) is 18.2 Å². The monoisotopic (exact) mass is 391 g/mol. The molecule has 0 aliphatic heterocycles. The summed E-state index contributed by atoms with van der Waals surface area (Å²) in [6, 6.07) is 14.1. The van der Waals surface area contributed by atoms with Crippen molar-refractivity contribution in [2.75, 3.05) is 14.2 Å². The van der Waals surface area contributed by atoms with Crippen molar-refractivity contribution < 1.29 is 9.47 Å². The van der Waals surface area contributed by atoms with Gasteiger partial charge in [0.05, 0.1) is 24.9 Å². The van der Waals surface area contributed by atoms with Crippen LogP contribution in [0.4, 0.5) is 0 Å². The lowest BCUT2D eigenvalue weighted by Gasteiger charge is -2.11. The molecular weight excluding hydrogens is 378 g/mol. The number of para-hydroxylation sites is 1. The molecule has 3 aromatic rings. The fraction of sp³-hybridized carbons (Fsp3) is 0.111. The van der Waals surface area contributed by atoms with Gasteiger partial charge in [-0.05, 0) is 48.1 Å². The van der Waals surface area contributed by atoms with E-state index in [0.717, 1.165) is 10.4 Å². The van der Waals surface area contributed by atoms with Crippen LogP contribution in [0.3, 0.4) is 0 Å². The third-order valence-electron chi connectivity index (χ3n) is 3.62. The maximum atomic E-state index is 12.7. The van der Waals surface area contributed by atoms with Gasteiger partial charge in [-0.1, -0.05) is 23.7 Å². The first-order chi connectivity index (χ1) is 12.0. The summed E-state index contributed by atoms with van der Waals surface area (Å²) >= 11 is 13.0. The molecule has 0 N–H and O–H groups in total. The average Bonchev–Trinajstić information content (AvgIpc) is 2.62. The van der Waals surface area contributed by atoms with Gasteiger partial charge in [0.2, 0.25) is 0 Å². The Morgan fingerprint density at radius 1 is 1.04 bits per heavy atom. The lowest BCUT2D eigenvalue weighted by atomic mass is 10.1. The topological polar surface area (TPSA) is 40.5 Å². The largest absolute Gasteiger partial charge is 0.493 e. The van der Waals surface area contributed by atoms with Gasteiger partial charge in [-0.3, -0.25) is 9.36 Å². The molecule has 25 heavy (non-hydrogen) atoms. The Hall–Kier alpha value is -2.15. The average molecular weight is 392 g/mol. The van der Waals surface area contributed by atoms with Crippen LogP contribution in [0.2, 0.25) is 5.02 Å². The van der Waals surface area contributed by atoms with Crippen LogP contribution in [0.1, 0.15) is 0 Å². The van der Waals surface area contributed by atoms with Gasteiger partial charge in [-0.2, -0.15) is 0 Å². The summed E-state index contributed by atoms with van der Waals surface area (Å²) in [5.41, 5.74) is 1.17. The molecule has 3 rings (SSSR count). The van der Waals surface area contributed by atoms with Gasteiger partial charge in [0.25, 0.3) is 5.56 Å². The molecule has 0 saturated heterocycles. The third kappa shape index (κ3) is 3.46. The molecule has 0 amide bonds. The summed E-state index contributed by atoms with van der Waals surface area (Å²) < 4.78 is 12.4. The van der Waals surface area contributed by atoms with Crippen molar-refractivity contribution in [2.45, 2.75) is 0 Å². The third-order valence-corrected chi connectivity index (χ3v) is 5.30. The number of halogens is 1. The zero-order valence-electron chi connectivity index (χ0n) is 13.5. The number of aromatic nitrogens is 1. The quantitative estimate of drug-likeness (QED) is 0.589. The molecule has 1 aromatic heterocycles. The molecular formula is C18H14ClNO3S2. The molecule has 0 aliphatic rings. The van der Waals surface area contributed by atoms with Crippen LogP contribution in [0, 0.1) is 3.95 Å². The van der Waals surface area contributed by atoms with Crippen molar-refractivity contribution >= 4 is 35.2 Å². The highest BCUT2D eigenvalue weighted by Crippen LogP contribution is 2.33. The number of benzene rings is 2. The number of hydrogen-bond acceptors (Lipinski definition) is 5. The van der Waals surface area contributed by atoms with Crippen LogP contribution in [0.5, 0.6) is 11.5 Å². The Bertz CT molecular complexity index is 1010. The minimum Gasteiger partial charge on any atom is -0.493 e. The van der Waals surface area contributed by atoms with E-state index in [4.69, 9.17) is 33.3 Å². The van der Waals surface area contributed by atoms with Crippen molar-refractivity contribution in [1.82, 2.24) is 4.57 Å². The number of nitrogens with zero attached hydrogens (tertiary/aromatic N) is 1. The second kappa shape index (κ2) is 7.39. The molecule has 0 unspecified atom stereocenters. The van der Waals surface area contributed by atoms with E-state index in [0.29, 0.717) is 26.2 Å². The molecule has 0 aliphatic carbocycles. The van der Waals surface area contributed by atoms with Gasteiger partial charge < -0.3 is 9.47 Å². The van der Waals surface area contributed by atoms with Crippen LogP contribution in [-0.4, -0.2) is 18.8 Å². The highest BCUT2D eigenvalue weighted by Gasteiger charge is 2.11. The molecule has 1 heterocycles. The van der Waals surface area contributed by atoms with E-state index in [9.17, 15) is 4.79 Å². The van der Waals surface area contributed by atoms with Crippen LogP contribution >= 0.6 is 35.2 Å². The van der Waals surface area contributed by atoms with E-state index in [-0.39, 0.29) is 5.56 Å². The molecule has 0 spiro atoms. The van der Waals surface area contributed by atoms with Crippen molar-refractivity contribution in [1.29, 1.82) is 0 Å². The molecule has 7 heteroatoms. The fourth-order valence-corrected chi connectivity index (χ4v) is 3.97. The summed E-state index contributed by atoms with van der Waals surface area (Å²) in [5, 5.41) is 0.474. The predicted molar refractivity (Wildman–Crippen MR) is 104 cm³/mol. The highest BCUT2D eigenvalue weighted by molar-refractivity contribution is 7.73. The van der Waals surface area contributed by atoms with Crippen molar-refractivity contribution in [3.63, 3.8) is 0 Å². The lowest BCUT2D eigenvalue weighted by molar-refractivity contribution is 0.355. The van der Waals surface area contributed by atoms with Crippen LogP contribution < -0.4 is 15.0 Å². The zero-order valence-corrected chi connectivity index (χ0v) is 15.9. The van der Waals surface area contributed by atoms with Crippen LogP contribution in [0.25, 0.3) is 16.1 Å². The molecule has 0 radical (unpaired) electrons. The number of rotatable bonds is 4. The summed E-state index contributed by atoms with van der Waals surface area (Å²) in [6.07, 6.45) is 0. The SMILES string of the molecule is COc1ccc(-c2cc(=O)n(-c3ccccc3Cl)c(=S)s2)cc1OC. The van der Waals surface area contributed by atoms with E-state index < -0.39 is 0 Å². The normalized spacial score (nSPS) is 10.5. The maximum absolute atomic E-state index is 12.7. The first-order valence-electron chi connectivity index (χ1n) is 7.29. The molecule has 4 nitrogen and oxygen atoms in total. The predicted octanol–water partition coefficient (Wildman–Crippen LogP) is 4.97. The molecule has 128 valence electrons. The smallest absolute Gasteiger partial charge is 0.258 e. The van der Waals surface area contributed by atoms with Gasteiger partial charge >= 0.3 is 0 Å². The van der Waals surface area contributed by atoms with Crippen LogP contribution in [0.15, 0.2) is 53.3 Å². The maximum Gasteiger partial charge on any atom is 0.258 e. The molecule has 0 fully saturated rings. The van der Waals surface area contributed by atoms with Gasteiger partial charge in [-0.15, -0.1) is 11.3 Å². The van der Waals surface area contributed by atoms with E-state index >= 15 is 0 Å². The summed E-state index contributed by atoms with van der Waals surface area (Å²) in [4.78, 5) is 13.4. The van der Waals surface area contributed by atoms with Crippen molar-refractivity contribution in [2.24, 2.45) is 0 Å². The standard InChI is InChI=1S/C18H14ClNO3S2/c1-22-14-8-7-11(9-15(14)23-2)16-10-17(21)20(18(24)25-16)13-6-4-3-5-12(13)19/h3-10H,1-2H3. The van der Waals surface area contributed by atoms with E-state index in [2.05, 4.69) is 0 Å². The summed E-state index contributed by atoms with van der Waals surface area (Å²) in [7, 11) is 3.14. The first kappa shape index (κ1) is 17.7. The fourth-order valence-electron chi connectivity index (χ4n) is 2.42. The summed E-state index contributed by atoms with van der Waals surface area (Å²) in [6.45, 7) is 0. The number of hydrogen-bond donors (Lipinski definition) is 0. The molecule has 0 bridgehead atoms. The van der Waals surface area contributed by atoms with Crippen LogP contribution in [-0.2, 0) is 0 Å². The van der Waals surface area contributed by atoms with Crippen molar-refractivity contribution in [3.8, 4) is 27.6 Å². The minimum absolute atomic E-state index is 0.235. The Morgan fingerprint density at radius 3 is 2.40 bits per heavy atom. The molecule has 0 saturated carbocycles.